The summed E-state index contributed by atoms with van der Waals surface area (Å²) in [5.41, 5.74) is 4.37. The highest BCUT2D eigenvalue weighted by molar-refractivity contribution is 5.44. The third-order valence-corrected chi connectivity index (χ3v) is 2.53. The molecule has 2 N–H and O–H groups in total. The van der Waals surface area contributed by atoms with Gasteiger partial charge in [-0.2, -0.15) is 0 Å². The van der Waals surface area contributed by atoms with Crippen LogP contribution in [0.2, 0.25) is 0 Å². The van der Waals surface area contributed by atoms with Crippen LogP contribution < -0.4 is 15.2 Å². The van der Waals surface area contributed by atoms with E-state index in [-0.39, 0.29) is 6.54 Å². The Morgan fingerprint density at radius 1 is 1.18 bits per heavy atom. The average Bonchev–Trinajstić information content (AvgIpc) is 2.32. The van der Waals surface area contributed by atoms with Gasteiger partial charge in [0.2, 0.25) is 0 Å². The number of benzene rings is 1. The molecule has 1 atom stereocenters. The van der Waals surface area contributed by atoms with Crippen molar-refractivity contribution in [1.29, 1.82) is 0 Å². The van der Waals surface area contributed by atoms with E-state index in [1.165, 1.54) is 6.92 Å². The minimum absolute atomic E-state index is 0.0629. The Balaban J connectivity index is 3.08. The monoisotopic (exact) mass is 241 g/mol. The predicted octanol–water partition coefficient (Wildman–Crippen LogP) is 2.63. The summed E-state index contributed by atoms with van der Waals surface area (Å²) < 4.78 is 24.9. The molecule has 0 fully saturated rings. The first kappa shape index (κ1) is 13.8. The molecule has 4 heteroatoms. The second kappa shape index (κ2) is 5.87. The minimum atomic E-state index is -1.55. The summed E-state index contributed by atoms with van der Waals surface area (Å²) in [7, 11) is 0. The molecule has 17 heavy (non-hydrogen) atoms. The van der Waals surface area contributed by atoms with Crippen molar-refractivity contribution in [3.8, 4) is 11.5 Å². The standard InChI is InChI=1S/C13H20FNO2/c1-4-16-11-7-6-10(13(3,14)9-15)8-12(11)17-5-2/h6-8H,4-5,9,15H2,1-3H3. The van der Waals surface area contributed by atoms with Crippen molar-refractivity contribution in [2.75, 3.05) is 19.8 Å². The molecule has 0 aromatic heterocycles. The minimum Gasteiger partial charge on any atom is -0.490 e. The summed E-state index contributed by atoms with van der Waals surface area (Å²) in [4.78, 5) is 0. The number of hydrogen-bond donors (Lipinski definition) is 1. The van der Waals surface area contributed by atoms with Gasteiger partial charge in [0, 0.05) is 6.54 Å². The van der Waals surface area contributed by atoms with E-state index in [1.807, 2.05) is 13.8 Å². The largest absolute Gasteiger partial charge is 0.490 e. The summed E-state index contributed by atoms with van der Waals surface area (Å²) in [6.45, 7) is 6.21. The summed E-state index contributed by atoms with van der Waals surface area (Å²) in [5.74, 6) is 1.19. The molecule has 0 amide bonds. The fraction of sp³-hybridized carbons (Fsp3) is 0.538. The van der Waals surface area contributed by atoms with Gasteiger partial charge in [0.25, 0.3) is 0 Å². The van der Waals surface area contributed by atoms with Gasteiger partial charge in [0.15, 0.2) is 11.5 Å². The molecule has 0 radical (unpaired) electrons. The van der Waals surface area contributed by atoms with E-state index in [0.29, 0.717) is 30.3 Å². The smallest absolute Gasteiger partial charge is 0.161 e. The van der Waals surface area contributed by atoms with Crippen LogP contribution >= 0.6 is 0 Å². The van der Waals surface area contributed by atoms with Gasteiger partial charge < -0.3 is 15.2 Å². The van der Waals surface area contributed by atoms with Crippen LogP contribution in [0, 0.1) is 0 Å². The van der Waals surface area contributed by atoms with Gasteiger partial charge in [-0.3, -0.25) is 0 Å². The first-order valence-electron chi connectivity index (χ1n) is 5.84. The average molecular weight is 241 g/mol. The van der Waals surface area contributed by atoms with E-state index >= 15 is 0 Å². The molecule has 0 aliphatic heterocycles. The Morgan fingerprint density at radius 3 is 2.29 bits per heavy atom. The zero-order valence-electron chi connectivity index (χ0n) is 10.6. The maximum absolute atomic E-state index is 14.1. The van der Waals surface area contributed by atoms with Crippen molar-refractivity contribution in [2.45, 2.75) is 26.4 Å². The second-order valence-corrected chi connectivity index (χ2v) is 3.93. The van der Waals surface area contributed by atoms with Gasteiger partial charge in [-0.1, -0.05) is 6.07 Å². The fourth-order valence-electron chi connectivity index (χ4n) is 1.49. The molecular weight excluding hydrogens is 221 g/mol. The predicted molar refractivity (Wildman–Crippen MR) is 66.3 cm³/mol. The molecule has 0 saturated heterocycles. The highest BCUT2D eigenvalue weighted by atomic mass is 19.1. The SMILES string of the molecule is CCOc1ccc(C(C)(F)CN)cc1OCC. The lowest BCUT2D eigenvalue weighted by molar-refractivity contribution is 0.201. The first-order chi connectivity index (χ1) is 8.05. The van der Waals surface area contributed by atoms with Crippen LogP contribution in [0.1, 0.15) is 26.3 Å². The number of nitrogens with two attached hydrogens (primary N) is 1. The number of rotatable bonds is 6. The Bertz CT molecular complexity index is 366. The molecule has 1 rings (SSSR count). The zero-order chi connectivity index (χ0) is 12.9. The van der Waals surface area contributed by atoms with Crippen LogP contribution in [0.3, 0.4) is 0 Å². The van der Waals surface area contributed by atoms with Gasteiger partial charge in [0.05, 0.1) is 13.2 Å². The van der Waals surface area contributed by atoms with Crippen LogP contribution in [-0.2, 0) is 5.67 Å². The highest BCUT2D eigenvalue weighted by Crippen LogP contribution is 2.34. The van der Waals surface area contributed by atoms with Crippen molar-refractivity contribution in [1.82, 2.24) is 0 Å². The number of alkyl halides is 1. The van der Waals surface area contributed by atoms with E-state index in [0.717, 1.165) is 0 Å². The van der Waals surface area contributed by atoms with Crippen LogP contribution in [0.4, 0.5) is 4.39 Å². The third kappa shape index (κ3) is 3.33. The molecule has 1 unspecified atom stereocenters. The Labute approximate surface area is 102 Å². The molecule has 1 aromatic rings. The number of hydrogen-bond acceptors (Lipinski definition) is 3. The van der Waals surface area contributed by atoms with Gasteiger partial charge in [-0.15, -0.1) is 0 Å². The number of ether oxygens (including phenoxy) is 2. The Kier molecular flexibility index (Phi) is 4.75. The van der Waals surface area contributed by atoms with Gasteiger partial charge >= 0.3 is 0 Å². The molecule has 0 aliphatic rings. The van der Waals surface area contributed by atoms with Crippen LogP contribution in [0.25, 0.3) is 0 Å². The van der Waals surface area contributed by atoms with Crippen molar-refractivity contribution in [3.63, 3.8) is 0 Å². The molecule has 0 saturated carbocycles. The zero-order valence-corrected chi connectivity index (χ0v) is 10.6. The van der Waals surface area contributed by atoms with Gasteiger partial charge in [0.1, 0.15) is 5.67 Å². The topological polar surface area (TPSA) is 44.5 Å². The highest BCUT2D eigenvalue weighted by Gasteiger charge is 2.25. The molecule has 3 nitrogen and oxygen atoms in total. The lowest BCUT2D eigenvalue weighted by Crippen LogP contribution is -2.26. The molecule has 0 spiro atoms. The Morgan fingerprint density at radius 2 is 1.76 bits per heavy atom. The second-order valence-electron chi connectivity index (χ2n) is 3.93. The summed E-state index contributed by atoms with van der Waals surface area (Å²) in [5, 5.41) is 0. The van der Waals surface area contributed by atoms with E-state index < -0.39 is 5.67 Å². The molecule has 0 aliphatic carbocycles. The van der Waals surface area contributed by atoms with Crippen molar-refractivity contribution < 1.29 is 13.9 Å². The summed E-state index contributed by atoms with van der Waals surface area (Å²) in [6, 6.07) is 5.05. The maximum atomic E-state index is 14.1. The molecule has 1 aromatic carbocycles. The van der Waals surface area contributed by atoms with E-state index in [2.05, 4.69) is 0 Å². The van der Waals surface area contributed by atoms with E-state index in [1.54, 1.807) is 18.2 Å². The maximum Gasteiger partial charge on any atom is 0.161 e. The summed E-state index contributed by atoms with van der Waals surface area (Å²) in [6.07, 6.45) is 0. The molecular formula is C13H20FNO2. The number of halogens is 1. The first-order valence-corrected chi connectivity index (χ1v) is 5.84. The normalized spacial score (nSPS) is 14.2. The lowest BCUT2D eigenvalue weighted by Gasteiger charge is -2.20. The van der Waals surface area contributed by atoms with Crippen LogP contribution in [-0.4, -0.2) is 19.8 Å². The van der Waals surface area contributed by atoms with Gasteiger partial charge in [-0.25, -0.2) is 4.39 Å². The molecule has 0 heterocycles. The molecule has 96 valence electrons. The van der Waals surface area contributed by atoms with E-state index in [9.17, 15) is 4.39 Å². The fourth-order valence-corrected chi connectivity index (χ4v) is 1.49. The third-order valence-electron chi connectivity index (χ3n) is 2.53. The lowest BCUT2D eigenvalue weighted by atomic mass is 9.98. The van der Waals surface area contributed by atoms with E-state index in [4.69, 9.17) is 15.2 Å². The Hall–Kier alpha value is -1.29. The van der Waals surface area contributed by atoms with Crippen molar-refractivity contribution in [2.24, 2.45) is 5.73 Å². The van der Waals surface area contributed by atoms with Crippen molar-refractivity contribution in [3.05, 3.63) is 23.8 Å². The van der Waals surface area contributed by atoms with Crippen LogP contribution in [0.15, 0.2) is 18.2 Å². The summed E-state index contributed by atoms with van der Waals surface area (Å²) >= 11 is 0. The van der Waals surface area contributed by atoms with Crippen molar-refractivity contribution >= 4 is 0 Å². The quantitative estimate of drug-likeness (QED) is 0.832. The van der Waals surface area contributed by atoms with Gasteiger partial charge in [-0.05, 0) is 38.5 Å². The van der Waals surface area contributed by atoms with Crippen LogP contribution in [0.5, 0.6) is 11.5 Å². The molecule has 0 bridgehead atoms.